The van der Waals surface area contributed by atoms with E-state index in [9.17, 15) is 22.8 Å². The van der Waals surface area contributed by atoms with Crippen LogP contribution in [-0.4, -0.2) is 56.6 Å². The fourth-order valence-corrected chi connectivity index (χ4v) is 2.77. The lowest BCUT2D eigenvalue weighted by molar-refractivity contribution is -0.186. The highest BCUT2D eigenvalue weighted by molar-refractivity contribution is 5.94. The Balaban J connectivity index is 1.79. The minimum absolute atomic E-state index is 0.0659. The van der Waals surface area contributed by atoms with Crippen LogP contribution in [0.1, 0.15) is 23.2 Å². The SMILES string of the molecule is CN(C)c1ccc(C(=O)NCC2CCN(C(=O)C(F)(F)F)CC2)cc1. The van der Waals surface area contributed by atoms with E-state index in [1.54, 1.807) is 12.1 Å². The van der Waals surface area contributed by atoms with Gasteiger partial charge in [0, 0.05) is 45.0 Å². The first-order valence-corrected chi connectivity index (χ1v) is 8.10. The van der Waals surface area contributed by atoms with Crippen molar-refractivity contribution in [2.75, 3.05) is 38.6 Å². The van der Waals surface area contributed by atoms with Gasteiger partial charge in [-0.15, -0.1) is 0 Å². The minimum Gasteiger partial charge on any atom is -0.378 e. The van der Waals surface area contributed by atoms with Crippen LogP contribution in [0, 0.1) is 5.92 Å². The zero-order chi connectivity index (χ0) is 18.6. The minimum atomic E-state index is -4.82. The number of halogens is 3. The van der Waals surface area contributed by atoms with E-state index in [-0.39, 0.29) is 24.9 Å². The molecule has 0 saturated carbocycles. The predicted octanol–water partition coefficient (Wildman–Crippen LogP) is 2.28. The maximum absolute atomic E-state index is 12.4. The second kappa shape index (κ2) is 7.76. The third-order valence-electron chi connectivity index (χ3n) is 4.34. The first-order valence-electron chi connectivity index (χ1n) is 8.10. The summed E-state index contributed by atoms with van der Waals surface area (Å²) in [4.78, 5) is 26.1. The predicted molar refractivity (Wildman–Crippen MR) is 88.5 cm³/mol. The van der Waals surface area contributed by atoms with Crippen LogP contribution < -0.4 is 10.2 Å². The molecule has 0 aromatic heterocycles. The molecular formula is C17H22F3N3O2. The Labute approximate surface area is 144 Å². The first-order chi connectivity index (χ1) is 11.7. The largest absolute Gasteiger partial charge is 0.471 e. The van der Waals surface area contributed by atoms with E-state index in [0.29, 0.717) is 24.9 Å². The molecule has 2 amide bonds. The topological polar surface area (TPSA) is 52.7 Å². The number of hydrogen-bond donors (Lipinski definition) is 1. The summed E-state index contributed by atoms with van der Waals surface area (Å²) in [5.74, 6) is -1.92. The molecule has 0 atom stereocenters. The molecule has 0 radical (unpaired) electrons. The van der Waals surface area contributed by atoms with Crippen molar-refractivity contribution >= 4 is 17.5 Å². The number of rotatable bonds is 4. The van der Waals surface area contributed by atoms with E-state index in [2.05, 4.69) is 5.32 Å². The van der Waals surface area contributed by atoms with Gasteiger partial charge in [0.15, 0.2) is 0 Å². The Kier molecular flexibility index (Phi) is 5.92. The van der Waals surface area contributed by atoms with Gasteiger partial charge in [0.2, 0.25) is 0 Å². The van der Waals surface area contributed by atoms with Crippen molar-refractivity contribution in [3.63, 3.8) is 0 Å². The number of alkyl halides is 3. The average molecular weight is 357 g/mol. The standard InChI is InChI=1S/C17H22F3N3O2/c1-22(2)14-5-3-13(4-6-14)15(24)21-11-12-7-9-23(10-8-12)16(25)17(18,19)20/h3-6,12H,7-11H2,1-2H3,(H,21,24). The van der Waals surface area contributed by atoms with Crippen LogP contribution in [0.3, 0.4) is 0 Å². The van der Waals surface area contributed by atoms with Gasteiger partial charge < -0.3 is 15.1 Å². The molecule has 1 aromatic rings. The molecule has 1 saturated heterocycles. The number of carbonyl (C=O) groups excluding carboxylic acids is 2. The Morgan fingerprint density at radius 1 is 1.16 bits per heavy atom. The summed E-state index contributed by atoms with van der Waals surface area (Å²) in [6, 6.07) is 7.15. The summed E-state index contributed by atoms with van der Waals surface area (Å²) in [6.45, 7) is 0.523. The molecule has 138 valence electrons. The fourth-order valence-electron chi connectivity index (χ4n) is 2.77. The van der Waals surface area contributed by atoms with Crippen LogP contribution in [0.2, 0.25) is 0 Å². The highest BCUT2D eigenvalue weighted by Crippen LogP contribution is 2.23. The lowest BCUT2D eigenvalue weighted by atomic mass is 9.96. The van der Waals surface area contributed by atoms with Crippen LogP contribution in [0.25, 0.3) is 0 Å². The van der Waals surface area contributed by atoms with E-state index >= 15 is 0 Å². The molecule has 1 aromatic carbocycles. The Morgan fingerprint density at radius 2 is 1.72 bits per heavy atom. The van der Waals surface area contributed by atoms with Crippen LogP contribution in [-0.2, 0) is 4.79 Å². The van der Waals surface area contributed by atoms with Gasteiger partial charge in [0.1, 0.15) is 0 Å². The molecule has 0 bridgehead atoms. The van der Waals surface area contributed by atoms with Crippen LogP contribution in [0.15, 0.2) is 24.3 Å². The van der Waals surface area contributed by atoms with Gasteiger partial charge in [-0.25, -0.2) is 0 Å². The van der Waals surface area contributed by atoms with Crippen molar-refractivity contribution in [2.45, 2.75) is 19.0 Å². The van der Waals surface area contributed by atoms with E-state index in [4.69, 9.17) is 0 Å². The summed E-state index contributed by atoms with van der Waals surface area (Å²) >= 11 is 0. The van der Waals surface area contributed by atoms with Gasteiger partial charge >= 0.3 is 12.1 Å². The van der Waals surface area contributed by atoms with Gasteiger partial charge in [-0.1, -0.05) is 0 Å². The smallest absolute Gasteiger partial charge is 0.378 e. The molecule has 1 fully saturated rings. The Bertz CT molecular complexity index is 607. The third kappa shape index (κ3) is 5.11. The number of likely N-dealkylation sites (tertiary alicyclic amines) is 1. The molecular weight excluding hydrogens is 335 g/mol. The normalized spacial score (nSPS) is 15.8. The molecule has 1 aliphatic heterocycles. The summed E-state index contributed by atoms with van der Waals surface area (Å²) < 4.78 is 37.2. The summed E-state index contributed by atoms with van der Waals surface area (Å²) in [7, 11) is 3.82. The number of nitrogens with one attached hydrogen (secondary N) is 1. The number of benzene rings is 1. The molecule has 1 aliphatic rings. The van der Waals surface area contributed by atoms with Crippen molar-refractivity contribution in [3.8, 4) is 0 Å². The Hall–Kier alpha value is -2.25. The molecule has 8 heteroatoms. The molecule has 5 nitrogen and oxygen atoms in total. The summed E-state index contributed by atoms with van der Waals surface area (Å²) in [5, 5.41) is 2.81. The quantitative estimate of drug-likeness (QED) is 0.900. The molecule has 0 aliphatic carbocycles. The highest BCUT2D eigenvalue weighted by Gasteiger charge is 2.43. The number of carbonyl (C=O) groups is 2. The van der Waals surface area contributed by atoms with E-state index in [1.165, 1.54) is 0 Å². The molecule has 0 spiro atoms. The van der Waals surface area contributed by atoms with Crippen molar-refractivity contribution in [2.24, 2.45) is 5.92 Å². The number of nitrogens with zero attached hydrogens (tertiary/aromatic N) is 2. The van der Waals surface area contributed by atoms with E-state index in [0.717, 1.165) is 10.6 Å². The maximum atomic E-state index is 12.4. The fraction of sp³-hybridized carbons (Fsp3) is 0.529. The van der Waals surface area contributed by atoms with Gasteiger partial charge in [0.05, 0.1) is 0 Å². The highest BCUT2D eigenvalue weighted by atomic mass is 19.4. The number of anilines is 1. The van der Waals surface area contributed by atoms with Crippen LogP contribution in [0.4, 0.5) is 18.9 Å². The number of piperidine rings is 1. The maximum Gasteiger partial charge on any atom is 0.471 e. The van der Waals surface area contributed by atoms with Crippen molar-refractivity contribution in [3.05, 3.63) is 29.8 Å². The molecule has 0 unspecified atom stereocenters. The molecule has 1 N–H and O–H groups in total. The number of amides is 2. The second-order valence-electron chi connectivity index (χ2n) is 6.38. The Morgan fingerprint density at radius 3 is 2.20 bits per heavy atom. The van der Waals surface area contributed by atoms with Gasteiger partial charge in [-0.2, -0.15) is 13.2 Å². The second-order valence-corrected chi connectivity index (χ2v) is 6.38. The lowest BCUT2D eigenvalue weighted by Gasteiger charge is -2.32. The monoisotopic (exact) mass is 357 g/mol. The number of hydrogen-bond acceptors (Lipinski definition) is 3. The zero-order valence-corrected chi connectivity index (χ0v) is 14.3. The van der Waals surface area contributed by atoms with E-state index in [1.807, 2.05) is 31.1 Å². The molecule has 2 rings (SSSR count). The van der Waals surface area contributed by atoms with Crippen molar-refractivity contribution in [1.82, 2.24) is 10.2 Å². The van der Waals surface area contributed by atoms with Crippen LogP contribution >= 0.6 is 0 Å². The molecule has 1 heterocycles. The first kappa shape index (κ1) is 19.1. The van der Waals surface area contributed by atoms with Crippen molar-refractivity contribution in [1.29, 1.82) is 0 Å². The van der Waals surface area contributed by atoms with Crippen molar-refractivity contribution < 1.29 is 22.8 Å². The lowest BCUT2D eigenvalue weighted by Crippen LogP contribution is -2.46. The van der Waals surface area contributed by atoms with Gasteiger partial charge in [-0.05, 0) is 43.0 Å². The average Bonchev–Trinajstić information content (AvgIpc) is 2.58. The molecule has 25 heavy (non-hydrogen) atoms. The van der Waals surface area contributed by atoms with Gasteiger partial charge in [-0.3, -0.25) is 9.59 Å². The van der Waals surface area contributed by atoms with Gasteiger partial charge in [0.25, 0.3) is 5.91 Å². The van der Waals surface area contributed by atoms with E-state index < -0.39 is 12.1 Å². The summed E-state index contributed by atoms with van der Waals surface area (Å²) in [6.07, 6.45) is -3.93. The zero-order valence-electron chi connectivity index (χ0n) is 14.3. The van der Waals surface area contributed by atoms with Crippen LogP contribution in [0.5, 0.6) is 0 Å². The third-order valence-corrected chi connectivity index (χ3v) is 4.34. The summed E-state index contributed by atoms with van der Waals surface area (Å²) in [5.41, 5.74) is 1.52.